The fraction of sp³-hybridized carbons (Fsp3) is 0.290. The molecule has 4 aromatic rings. The third kappa shape index (κ3) is 6.27. The van der Waals surface area contributed by atoms with E-state index in [9.17, 15) is 9.59 Å². The van der Waals surface area contributed by atoms with Crippen molar-refractivity contribution in [3.8, 4) is 11.3 Å². The summed E-state index contributed by atoms with van der Waals surface area (Å²) in [6, 6.07) is 23.4. The van der Waals surface area contributed by atoms with E-state index < -0.39 is 5.97 Å². The van der Waals surface area contributed by atoms with Crippen LogP contribution in [0.25, 0.3) is 22.3 Å². The van der Waals surface area contributed by atoms with Gasteiger partial charge in [0.15, 0.2) is 0 Å². The van der Waals surface area contributed by atoms with Crippen LogP contribution in [-0.4, -0.2) is 63.4 Å². The lowest BCUT2D eigenvalue weighted by Crippen LogP contribution is -2.49. The Morgan fingerprint density at radius 2 is 1.72 bits per heavy atom. The molecule has 1 aromatic heterocycles. The number of hydrogen-bond acceptors (Lipinski definition) is 5. The number of carboxylic acid groups (broad SMARTS) is 1. The molecule has 2 heterocycles. The molecule has 39 heavy (non-hydrogen) atoms. The van der Waals surface area contributed by atoms with E-state index in [1.807, 2.05) is 65.6 Å². The van der Waals surface area contributed by atoms with Gasteiger partial charge in [0.2, 0.25) is 0 Å². The zero-order valence-corrected chi connectivity index (χ0v) is 22.6. The molecule has 1 atom stereocenters. The summed E-state index contributed by atoms with van der Waals surface area (Å²) in [6.07, 6.45) is 1.93. The Morgan fingerprint density at radius 1 is 0.949 bits per heavy atom. The number of piperazine rings is 1. The van der Waals surface area contributed by atoms with E-state index in [-0.39, 0.29) is 18.4 Å². The zero-order chi connectivity index (χ0) is 27.4. The Labute approximate surface area is 233 Å². The summed E-state index contributed by atoms with van der Waals surface area (Å²) in [6.45, 7) is 2.07. The Kier molecular flexibility index (Phi) is 8.19. The minimum Gasteiger partial charge on any atom is -0.481 e. The number of carbonyl (C=O) groups excluding carboxylic acids is 1. The van der Waals surface area contributed by atoms with E-state index >= 15 is 0 Å². The second-order valence-corrected chi connectivity index (χ2v) is 10.4. The number of hydrogen-bond donors (Lipinski definition) is 1. The van der Waals surface area contributed by atoms with Crippen LogP contribution in [0.1, 0.15) is 46.9 Å². The van der Waals surface area contributed by atoms with Crippen LogP contribution in [0, 0.1) is 0 Å². The Balaban J connectivity index is 1.43. The van der Waals surface area contributed by atoms with Crippen LogP contribution >= 0.6 is 11.6 Å². The van der Waals surface area contributed by atoms with Gasteiger partial charge in [-0.05, 0) is 62.2 Å². The molecule has 1 unspecified atom stereocenters. The minimum absolute atomic E-state index is 0.0162. The van der Waals surface area contributed by atoms with E-state index in [2.05, 4.69) is 24.1 Å². The minimum atomic E-state index is -0.806. The molecule has 8 heteroatoms. The molecule has 0 aliphatic carbocycles. The summed E-state index contributed by atoms with van der Waals surface area (Å²) in [5, 5.41) is 9.65. The molecule has 0 spiro atoms. The van der Waals surface area contributed by atoms with E-state index in [0.717, 1.165) is 23.5 Å². The van der Waals surface area contributed by atoms with Gasteiger partial charge in [0, 0.05) is 42.2 Å². The van der Waals surface area contributed by atoms with Crippen LogP contribution in [0.5, 0.6) is 0 Å². The van der Waals surface area contributed by atoms with Crippen molar-refractivity contribution in [3.63, 3.8) is 0 Å². The number of halogens is 1. The first-order valence-electron chi connectivity index (χ1n) is 13.2. The number of aromatic nitrogens is 2. The normalized spacial score (nSPS) is 15.9. The molecule has 3 aromatic carbocycles. The largest absolute Gasteiger partial charge is 0.481 e. The highest BCUT2D eigenvalue weighted by Crippen LogP contribution is 2.28. The molecule has 1 amide bonds. The van der Waals surface area contributed by atoms with Crippen LogP contribution in [0.15, 0.2) is 72.8 Å². The first-order valence-corrected chi connectivity index (χ1v) is 13.6. The second kappa shape index (κ2) is 11.9. The van der Waals surface area contributed by atoms with E-state index in [1.165, 1.54) is 5.56 Å². The van der Waals surface area contributed by atoms with Crippen LogP contribution in [-0.2, 0) is 11.2 Å². The van der Waals surface area contributed by atoms with Gasteiger partial charge in [0.1, 0.15) is 0 Å². The lowest BCUT2D eigenvalue weighted by atomic mass is 10.0. The van der Waals surface area contributed by atoms with Gasteiger partial charge in [-0.2, -0.15) is 0 Å². The molecule has 1 aliphatic rings. The molecule has 1 saturated heterocycles. The molecule has 0 bridgehead atoms. The maximum absolute atomic E-state index is 13.6. The number of unbranched alkanes of at least 4 members (excludes halogenated alkanes) is 1. The maximum Gasteiger partial charge on any atom is 0.303 e. The van der Waals surface area contributed by atoms with Crippen LogP contribution in [0.3, 0.4) is 0 Å². The molecule has 0 saturated carbocycles. The van der Waals surface area contributed by atoms with Crippen molar-refractivity contribution in [2.75, 3.05) is 26.7 Å². The maximum atomic E-state index is 13.6. The molecule has 7 nitrogen and oxygen atoms in total. The summed E-state index contributed by atoms with van der Waals surface area (Å²) in [5.41, 5.74) is 5.56. The molecule has 5 rings (SSSR count). The summed E-state index contributed by atoms with van der Waals surface area (Å²) in [5.74, 6) is -0.823. The number of amides is 1. The summed E-state index contributed by atoms with van der Waals surface area (Å²) in [4.78, 5) is 38.6. The molecule has 0 radical (unpaired) electrons. The SMILES string of the molecule is CN1CCN(C(=O)c2ccc3nc(-c4ccc(Cl)cc4)c(CCCCC(=O)O)nc3c2)CC1c1ccccc1. The lowest BCUT2D eigenvalue weighted by molar-refractivity contribution is -0.137. The Hall–Kier alpha value is -3.81. The summed E-state index contributed by atoms with van der Waals surface area (Å²) in [7, 11) is 2.10. The molecular formula is C31H31ClN4O3. The average molecular weight is 543 g/mol. The number of rotatable bonds is 8. The fourth-order valence-electron chi connectivity index (χ4n) is 5.08. The van der Waals surface area contributed by atoms with Crippen LogP contribution < -0.4 is 0 Å². The van der Waals surface area contributed by atoms with Gasteiger partial charge in [0.05, 0.1) is 28.5 Å². The number of fused-ring (bicyclic) bond motifs is 1. The van der Waals surface area contributed by atoms with E-state index in [0.29, 0.717) is 54.0 Å². The third-order valence-electron chi connectivity index (χ3n) is 7.27. The average Bonchev–Trinajstić information content (AvgIpc) is 2.95. The van der Waals surface area contributed by atoms with Crippen molar-refractivity contribution >= 4 is 34.5 Å². The summed E-state index contributed by atoms with van der Waals surface area (Å²) < 4.78 is 0. The number of aryl methyl sites for hydroxylation is 1. The van der Waals surface area contributed by atoms with Gasteiger partial charge in [-0.15, -0.1) is 0 Å². The van der Waals surface area contributed by atoms with Crippen molar-refractivity contribution in [2.24, 2.45) is 0 Å². The molecule has 1 N–H and O–H groups in total. The van der Waals surface area contributed by atoms with E-state index in [1.54, 1.807) is 0 Å². The first-order chi connectivity index (χ1) is 18.9. The van der Waals surface area contributed by atoms with Crippen molar-refractivity contribution in [1.29, 1.82) is 0 Å². The third-order valence-corrected chi connectivity index (χ3v) is 7.53. The lowest BCUT2D eigenvalue weighted by Gasteiger charge is -2.39. The standard InChI is InChI=1S/C31H31ClN4O3/c1-35-17-18-36(20-28(35)21-7-3-2-4-8-21)31(39)23-13-16-25-27(19-23)33-26(9-5-6-10-29(37)38)30(34-25)22-11-14-24(32)15-12-22/h2-4,7-8,11-16,19,28H,5-6,9-10,17-18,20H2,1H3,(H,37,38). The van der Waals surface area contributed by atoms with Gasteiger partial charge in [-0.1, -0.05) is 54.1 Å². The highest BCUT2D eigenvalue weighted by atomic mass is 35.5. The van der Waals surface area contributed by atoms with Crippen molar-refractivity contribution in [1.82, 2.24) is 19.8 Å². The van der Waals surface area contributed by atoms with Crippen molar-refractivity contribution in [2.45, 2.75) is 31.7 Å². The first kappa shape index (κ1) is 26.8. The Bertz CT molecular complexity index is 1480. The highest BCUT2D eigenvalue weighted by molar-refractivity contribution is 6.30. The fourth-order valence-corrected chi connectivity index (χ4v) is 5.21. The predicted octanol–water partition coefficient (Wildman–Crippen LogP) is 5.88. The monoisotopic (exact) mass is 542 g/mol. The highest BCUT2D eigenvalue weighted by Gasteiger charge is 2.29. The van der Waals surface area contributed by atoms with Gasteiger partial charge in [0.25, 0.3) is 5.91 Å². The topological polar surface area (TPSA) is 86.6 Å². The number of aliphatic carboxylic acids is 1. The van der Waals surface area contributed by atoms with Gasteiger partial charge in [-0.25, -0.2) is 9.97 Å². The number of likely N-dealkylation sites (N-methyl/N-ethyl adjacent to an activating group) is 1. The number of nitrogens with zero attached hydrogens (tertiary/aromatic N) is 4. The second-order valence-electron chi connectivity index (χ2n) is 9.99. The number of benzene rings is 3. The van der Waals surface area contributed by atoms with Crippen LogP contribution in [0.2, 0.25) is 5.02 Å². The quantitative estimate of drug-likeness (QED) is 0.280. The van der Waals surface area contributed by atoms with Gasteiger partial charge in [-0.3, -0.25) is 14.5 Å². The molecular weight excluding hydrogens is 512 g/mol. The molecule has 200 valence electrons. The zero-order valence-electron chi connectivity index (χ0n) is 21.9. The Morgan fingerprint density at radius 3 is 2.46 bits per heavy atom. The van der Waals surface area contributed by atoms with Crippen LogP contribution in [0.4, 0.5) is 0 Å². The van der Waals surface area contributed by atoms with Crippen molar-refractivity contribution < 1.29 is 14.7 Å². The smallest absolute Gasteiger partial charge is 0.303 e. The number of carboxylic acids is 1. The summed E-state index contributed by atoms with van der Waals surface area (Å²) >= 11 is 6.10. The van der Waals surface area contributed by atoms with Gasteiger partial charge < -0.3 is 10.0 Å². The predicted molar refractivity (Wildman–Crippen MR) is 153 cm³/mol. The number of carbonyl (C=O) groups is 2. The van der Waals surface area contributed by atoms with E-state index in [4.69, 9.17) is 26.7 Å². The van der Waals surface area contributed by atoms with Crippen molar-refractivity contribution in [3.05, 3.63) is 94.6 Å². The molecule has 1 fully saturated rings. The van der Waals surface area contributed by atoms with Gasteiger partial charge >= 0.3 is 5.97 Å². The molecule has 1 aliphatic heterocycles.